The molecule has 0 atom stereocenters. The van der Waals surface area contributed by atoms with Crippen LogP contribution in [0.1, 0.15) is 11.3 Å². The first-order valence-corrected chi connectivity index (χ1v) is 6.11. The Hall–Kier alpha value is -2.88. The number of hydrogen-bond donors (Lipinski definition) is 0. The van der Waals surface area contributed by atoms with Crippen molar-refractivity contribution in [2.45, 2.75) is 0 Å². The van der Waals surface area contributed by atoms with Gasteiger partial charge in [0.1, 0.15) is 5.76 Å². The first-order chi connectivity index (χ1) is 9.83. The fourth-order valence-corrected chi connectivity index (χ4v) is 1.75. The second-order valence-electron chi connectivity index (χ2n) is 4.10. The summed E-state index contributed by atoms with van der Waals surface area (Å²) >= 11 is 0. The number of ether oxygens (including phenoxy) is 1. The van der Waals surface area contributed by atoms with E-state index >= 15 is 0 Å². The molecule has 0 radical (unpaired) electrons. The van der Waals surface area contributed by atoms with Gasteiger partial charge in [0.2, 0.25) is 5.90 Å². The van der Waals surface area contributed by atoms with E-state index in [0.29, 0.717) is 11.7 Å². The maximum absolute atomic E-state index is 11.7. The van der Waals surface area contributed by atoms with Crippen molar-refractivity contribution in [3.63, 3.8) is 0 Å². The molecule has 1 aliphatic rings. The number of carbonyl (C=O) groups excluding carboxylic acids is 1. The summed E-state index contributed by atoms with van der Waals surface area (Å²) in [6.07, 6.45) is 6.63. The average Bonchev–Trinajstić information content (AvgIpc) is 3.11. The van der Waals surface area contributed by atoms with Crippen LogP contribution in [-0.4, -0.2) is 11.9 Å². The lowest BCUT2D eigenvalue weighted by Crippen LogP contribution is -2.04. The van der Waals surface area contributed by atoms with Gasteiger partial charge in [0.05, 0.1) is 6.26 Å². The number of rotatable bonds is 3. The lowest BCUT2D eigenvalue weighted by atomic mass is 10.2. The van der Waals surface area contributed by atoms with Gasteiger partial charge in [-0.2, -0.15) is 0 Å². The number of allylic oxidation sites excluding steroid dienone is 2. The third kappa shape index (κ3) is 2.59. The molecule has 0 N–H and O–H groups in total. The molecule has 2 heterocycles. The molecule has 3 rings (SSSR count). The van der Waals surface area contributed by atoms with Crippen LogP contribution in [0, 0.1) is 0 Å². The van der Waals surface area contributed by atoms with E-state index in [-0.39, 0.29) is 5.70 Å². The van der Waals surface area contributed by atoms with Crippen LogP contribution in [0.25, 0.3) is 6.08 Å². The van der Waals surface area contributed by atoms with Crippen LogP contribution in [0.5, 0.6) is 0 Å². The highest BCUT2D eigenvalue weighted by Crippen LogP contribution is 2.16. The second kappa shape index (κ2) is 5.40. The van der Waals surface area contributed by atoms with E-state index in [2.05, 4.69) is 4.99 Å². The van der Waals surface area contributed by atoms with Crippen LogP contribution in [0.3, 0.4) is 0 Å². The minimum Gasteiger partial charge on any atom is -0.465 e. The van der Waals surface area contributed by atoms with E-state index in [9.17, 15) is 4.79 Å². The van der Waals surface area contributed by atoms with Crippen LogP contribution in [-0.2, 0) is 9.53 Å². The SMILES string of the molecule is O=C1OC(c2ccccc2)=N/C1=C/C=C/c1ccco1. The van der Waals surface area contributed by atoms with Crippen molar-refractivity contribution in [1.29, 1.82) is 0 Å². The monoisotopic (exact) mass is 265 g/mol. The summed E-state index contributed by atoms with van der Waals surface area (Å²) in [7, 11) is 0. The summed E-state index contributed by atoms with van der Waals surface area (Å²) in [4.78, 5) is 15.9. The van der Waals surface area contributed by atoms with Crippen LogP contribution >= 0.6 is 0 Å². The molecule has 0 fully saturated rings. The Morgan fingerprint density at radius 2 is 1.90 bits per heavy atom. The molecule has 0 unspecified atom stereocenters. The Balaban J connectivity index is 1.80. The molecule has 1 aromatic carbocycles. The number of esters is 1. The molecule has 20 heavy (non-hydrogen) atoms. The van der Waals surface area contributed by atoms with Crippen LogP contribution in [0.4, 0.5) is 0 Å². The molecular weight excluding hydrogens is 254 g/mol. The largest absolute Gasteiger partial charge is 0.465 e. The number of carbonyl (C=O) groups is 1. The highest BCUT2D eigenvalue weighted by molar-refractivity contribution is 6.11. The van der Waals surface area contributed by atoms with Crippen LogP contribution < -0.4 is 0 Å². The molecule has 0 bridgehead atoms. The first-order valence-electron chi connectivity index (χ1n) is 6.11. The van der Waals surface area contributed by atoms with Gasteiger partial charge in [-0.3, -0.25) is 0 Å². The van der Waals surface area contributed by atoms with Gasteiger partial charge in [0.15, 0.2) is 5.70 Å². The van der Waals surface area contributed by atoms with Gasteiger partial charge in [0, 0.05) is 5.56 Å². The fourth-order valence-electron chi connectivity index (χ4n) is 1.75. The van der Waals surface area contributed by atoms with Gasteiger partial charge in [-0.1, -0.05) is 24.3 Å². The molecule has 4 heteroatoms. The molecule has 0 saturated carbocycles. The molecule has 2 aromatic rings. The van der Waals surface area contributed by atoms with Gasteiger partial charge < -0.3 is 9.15 Å². The normalized spacial score (nSPS) is 16.7. The van der Waals surface area contributed by atoms with E-state index < -0.39 is 5.97 Å². The van der Waals surface area contributed by atoms with Crippen LogP contribution in [0.15, 0.2) is 76.0 Å². The average molecular weight is 265 g/mol. The van der Waals surface area contributed by atoms with E-state index in [1.807, 2.05) is 36.4 Å². The van der Waals surface area contributed by atoms with Gasteiger partial charge >= 0.3 is 5.97 Å². The summed E-state index contributed by atoms with van der Waals surface area (Å²) in [5.74, 6) is 0.585. The number of cyclic esters (lactones) is 1. The van der Waals surface area contributed by atoms with Crippen LogP contribution in [0.2, 0.25) is 0 Å². The summed E-state index contributed by atoms with van der Waals surface area (Å²) in [6.45, 7) is 0. The lowest BCUT2D eigenvalue weighted by Gasteiger charge is -1.97. The predicted octanol–water partition coefficient (Wildman–Crippen LogP) is 3.18. The zero-order chi connectivity index (χ0) is 13.8. The van der Waals surface area contributed by atoms with E-state index in [0.717, 1.165) is 5.56 Å². The minimum absolute atomic E-state index is 0.270. The van der Waals surface area contributed by atoms with Crippen molar-refractivity contribution >= 4 is 17.9 Å². The number of benzene rings is 1. The molecule has 0 saturated heterocycles. The minimum atomic E-state index is -0.451. The molecule has 1 aromatic heterocycles. The van der Waals surface area contributed by atoms with E-state index in [1.165, 1.54) is 0 Å². The van der Waals surface area contributed by atoms with Crippen molar-refractivity contribution in [1.82, 2.24) is 0 Å². The first kappa shape index (κ1) is 12.2. The maximum atomic E-state index is 11.7. The Morgan fingerprint density at radius 1 is 1.05 bits per heavy atom. The van der Waals surface area contributed by atoms with Gasteiger partial charge in [-0.05, 0) is 36.4 Å². The Labute approximate surface area is 115 Å². The molecule has 4 nitrogen and oxygen atoms in total. The highest BCUT2D eigenvalue weighted by atomic mass is 16.6. The fraction of sp³-hybridized carbons (Fsp3) is 0. The number of nitrogens with zero attached hydrogens (tertiary/aromatic N) is 1. The standard InChI is InChI=1S/C16H11NO3/c18-16-14(10-4-8-13-9-5-11-19-13)17-15(20-16)12-6-2-1-3-7-12/h1-11H/b8-4+,14-10+. The molecular formula is C16H11NO3. The molecule has 1 aliphatic heterocycles. The zero-order valence-electron chi connectivity index (χ0n) is 10.5. The number of aliphatic imine (C=N–C) groups is 1. The third-order valence-corrected chi connectivity index (χ3v) is 2.70. The van der Waals surface area contributed by atoms with Gasteiger partial charge in [0.25, 0.3) is 0 Å². The summed E-state index contributed by atoms with van der Waals surface area (Å²) in [6, 6.07) is 12.9. The van der Waals surface area contributed by atoms with Gasteiger partial charge in [-0.25, -0.2) is 9.79 Å². The van der Waals surface area contributed by atoms with Crippen molar-refractivity contribution in [3.05, 3.63) is 77.9 Å². The Bertz CT molecular complexity index is 695. The molecule has 0 amide bonds. The number of hydrogen-bond acceptors (Lipinski definition) is 4. The summed E-state index contributed by atoms with van der Waals surface area (Å²) < 4.78 is 10.3. The highest BCUT2D eigenvalue weighted by Gasteiger charge is 2.23. The maximum Gasteiger partial charge on any atom is 0.363 e. The van der Waals surface area contributed by atoms with Crippen molar-refractivity contribution in [3.8, 4) is 0 Å². The Kier molecular flexibility index (Phi) is 3.29. The zero-order valence-corrected chi connectivity index (χ0v) is 10.5. The summed E-state index contributed by atoms with van der Waals surface area (Å²) in [5, 5.41) is 0. The Morgan fingerprint density at radius 3 is 2.65 bits per heavy atom. The molecule has 0 spiro atoms. The lowest BCUT2D eigenvalue weighted by molar-refractivity contribution is -0.130. The van der Waals surface area contributed by atoms with Gasteiger partial charge in [-0.15, -0.1) is 0 Å². The molecule has 98 valence electrons. The molecule has 0 aliphatic carbocycles. The second-order valence-corrected chi connectivity index (χ2v) is 4.10. The van der Waals surface area contributed by atoms with E-state index in [1.54, 1.807) is 30.6 Å². The van der Waals surface area contributed by atoms with Crippen molar-refractivity contribution in [2.75, 3.05) is 0 Å². The smallest absolute Gasteiger partial charge is 0.363 e. The predicted molar refractivity (Wildman–Crippen MR) is 74.9 cm³/mol. The summed E-state index contributed by atoms with van der Waals surface area (Å²) in [5.41, 5.74) is 1.05. The number of furan rings is 1. The topological polar surface area (TPSA) is 51.8 Å². The van der Waals surface area contributed by atoms with Crippen molar-refractivity contribution in [2.24, 2.45) is 4.99 Å². The van der Waals surface area contributed by atoms with E-state index in [4.69, 9.17) is 9.15 Å². The third-order valence-electron chi connectivity index (χ3n) is 2.70. The quantitative estimate of drug-likeness (QED) is 0.632. The van der Waals surface area contributed by atoms with Crippen molar-refractivity contribution < 1.29 is 13.9 Å².